The Hall–Kier alpha value is -3.52. The summed E-state index contributed by atoms with van der Waals surface area (Å²) >= 11 is 1.39. The van der Waals surface area contributed by atoms with E-state index in [0.29, 0.717) is 22.7 Å². The fourth-order valence-electron chi connectivity index (χ4n) is 3.47. The van der Waals surface area contributed by atoms with Crippen LogP contribution in [0.3, 0.4) is 0 Å². The van der Waals surface area contributed by atoms with E-state index in [9.17, 15) is 19.7 Å². The fraction of sp³-hybridized carbons (Fsp3) is 0.143. The molecule has 2 heterocycles. The second-order valence-corrected chi connectivity index (χ2v) is 7.64. The molecule has 0 radical (unpaired) electrons. The molecular formula is C21H17N3O4S. The van der Waals surface area contributed by atoms with Gasteiger partial charge in [0.25, 0.3) is 17.5 Å². The molecule has 29 heavy (non-hydrogen) atoms. The quantitative estimate of drug-likeness (QED) is 0.512. The largest absolute Gasteiger partial charge is 0.322 e. The fourth-order valence-corrected chi connectivity index (χ4v) is 4.14. The normalized spacial score (nSPS) is 12.5. The molecule has 0 unspecified atom stereocenters. The highest BCUT2D eigenvalue weighted by molar-refractivity contribution is 7.12. The Morgan fingerprint density at radius 3 is 2.72 bits per heavy atom. The van der Waals surface area contributed by atoms with Crippen LogP contribution < -0.4 is 10.2 Å². The third-order valence-corrected chi connectivity index (χ3v) is 5.82. The lowest BCUT2D eigenvalue weighted by Gasteiger charge is -2.17. The third kappa shape index (κ3) is 3.50. The number of nitro groups is 1. The van der Waals surface area contributed by atoms with Crippen molar-refractivity contribution in [1.29, 1.82) is 0 Å². The lowest BCUT2D eigenvalue weighted by molar-refractivity contribution is -0.385. The summed E-state index contributed by atoms with van der Waals surface area (Å²) in [6, 6.07) is 13.5. The van der Waals surface area contributed by atoms with Crippen molar-refractivity contribution in [2.75, 3.05) is 16.8 Å². The average Bonchev–Trinajstić information content (AvgIpc) is 3.37. The van der Waals surface area contributed by atoms with Crippen molar-refractivity contribution in [1.82, 2.24) is 0 Å². The molecule has 0 spiro atoms. The van der Waals surface area contributed by atoms with E-state index >= 15 is 0 Å². The first kappa shape index (κ1) is 18.8. The van der Waals surface area contributed by atoms with Crippen LogP contribution in [-0.4, -0.2) is 23.3 Å². The molecule has 0 atom stereocenters. The van der Waals surface area contributed by atoms with Crippen LogP contribution >= 0.6 is 11.3 Å². The summed E-state index contributed by atoms with van der Waals surface area (Å²) in [6.45, 7) is 2.14. The highest BCUT2D eigenvalue weighted by Gasteiger charge is 2.27. The van der Waals surface area contributed by atoms with Crippen LogP contribution in [0.1, 0.15) is 31.2 Å². The number of anilines is 2. The summed E-state index contributed by atoms with van der Waals surface area (Å²) in [7, 11) is 0. The molecule has 7 nitrogen and oxygen atoms in total. The molecule has 1 aliphatic rings. The minimum absolute atomic E-state index is 0.0586. The summed E-state index contributed by atoms with van der Waals surface area (Å²) in [6.07, 6.45) is 0.755. The summed E-state index contributed by atoms with van der Waals surface area (Å²) in [4.78, 5) is 38.5. The topological polar surface area (TPSA) is 92.6 Å². The van der Waals surface area contributed by atoms with Gasteiger partial charge in [-0.3, -0.25) is 19.7 Å². The van der Waals surface area contributed by atoms with Crippen LogP contribution in [0.25, 0.3) is 0 Å². The maximum absolute atomic E-state index is 12.8. The van der Waals surface area contributed by atoms with Crippen LogP contribution in [0.15, 0.2) is 53.9 Å². The van der Waals surface area contributed by atoms with E-state index in [1.807, 2.05) is 17.5 Å². The number of benzene rings is 2. The van der Waals surface area contributed by atoms with Crippen molar-refractivity contribution < 1.29 is 14.5 Å². The number of amides is 2. The van der Waals surface area contributed by atoms with Gasteiger partial charge in [-0.1, -0.05) is 18.2 Å². The van der Waals surface area contributed by atoms with E-state index in [0.717, 1.165) is 17.7 Å². The number of nitro benzene ring substituents is 1. The summed E-state index contributed by atoms with van der Waals surface area (Å²) in [5.74, 6) is -0.489. The molecule has 3 aromatic rings. The van der Waals surface area contributed by atoms with Crippen molar-refractivity contribution in [3.05, 3.63) is 85.6 Å². The molecule has 0 saturated carbocycles. The Balaban J connectivity index is 1.60. The van der Waals surface area contributed by atoms with Crippen molar-refractivity contribution in [3.8, 4) is 0 Å². The SMILES string of the molecule is Cc1c(C(=O)Nc2ccc3c(c2)N(C(=O)c2cccs2)CC3)cccc1[N+](=O)[O-]. The molecule has 0 bridgehead atoms. The molecule has 1 aromatic heterocycles. The summed E-state index contributed by atoms with van der Waals surface area (Å²) < 4.78 is 0. The lowest BCUT2D eigenvalue weighted by atomic mass is 10.1. The Labute approximate surface area is 170 Å². The van der Waals surface area contributed by atoms with Crippen LogP contribution in [0, 0.1) is 17.0 Å². The van der Waals surface area contributed by atoms with E-state index in [1.54, 1.807) is 36.1 Å². The molecule has 8 heteroatoms. The van der Waals surface area contributed by atoms with E-state index in [4.69, 9.17) is 0 Å². The first-order valence-corrected chi connectivity index (χ1v) is 9.87. The molecule has 1 aliphatic heterocycles. The molecule has 2 amide bonds. The predicted octanol–water partition coefficient (Wildman–Crippen LogP) is 4.42. The smallest absolute Gasteiger partial charge is 0.273 e. The average molecular weight is 407 g/mol. The predicted molar refractivity (Wildman–Crippen MR) is 112 cm³/mol. The highest BCUT2D eigenvalue weighted by Crippen LogP contribution is 2.33. The van der Waals surface area contributed by atoms with E-state index in [1.165, 1.54) is 23.5 Å². The molecule has 1 N–H and O–H groups in total. The second kappa shape index (κ2) is 7.48. The number of carbonyl (C=O) groups excluding carboxylic acids is 2. The van der Waals surface area contributed by atoms with Crippen LogP contribution in [-0.2, 0) is 6.42 Å². The third-order valence-electron chi connectivity index (χ3n) is 4.96. The minimum Gasteiger partial charge on any atom is -0.322 e. The van der Waals surface area contributed by atoms with E-state index in [2.05, 4.69) is 5.32 Å². The van der Waals surface area contributed by atoms with E-state index < -0.39 is 10.8 Å². The zero-order chi connectivity index (χ0) is 20.5. The number of hydrogen-bond donors (Lipinski definition) is 1. The minimum atomic E-state index is -0.504. The van der Waals surface area contributed by atoms with Crippen molar-refractivity contribution in [2.24, 2.45) is 0 Å². The number of rotatable bonds is 4. The molecule has 2 aromatic carbocycles. The van der Waals surface area contributed by atoms with Crippen molar-refractivity contribution in [3.63, 3.8) is 0 Å². The zero-order valence-electron chi connectivity index (χ0n) is 15.5. The van der Waals surface area contributed by atoms with E-state index in [-0.39, 0.29) is 17.2 Å². The monoisotopic (exact) mass is 407 g/mol. The number of hydrogen-bond acceptors (Lipinski definition) is 5. The van der Waals surface area contributed by atoms with Crippen molar-refractivity contribution >= 4 is 40.2 Å². The number of nitrogens with zero attached hydrogens (tertiary/aromatic N) is 2. The van der Waals surface area contributed by atoms with Crippen molar-refractivity contribution in [2.45, 2.75) is 13.3 Å². The van der Waals surface area contributed by atoms with Gasteiger partial charge in [0.15, 0.2) is 0 Å². The van der Waals surface area contributed by atoms with Crippen LogP contribution in [0.2, 0.25) is 0 Å². The van der Waals surface area contributed by atoms with Crippen LogP contribution in [0.5, 0.6) is 0 Å². The first-order chi connectivity index (χ1) is 14.0. The van der Waals surface area contributed by atoms with Crippen LogP contribution in [0.4, 0.5) is 17.1 Å². The first-order valence-electron chi connectivity index (χ1n) is 8.99. The Bertz CT molecular complexity index is 1120. The number of nitrogens with one attached hydrogen (secondary N) is 1. The summed E-state index contributed by atoms with van der Waals surface area (Å²) in [5, 5.41) is 15.8. The molecule has 0 saturated heterocycles. The number of fused-ring (bicyclic) bond motifs is 1. The maximum Gasteiger partial charge on any atom is 0.273 e. The van der Waals surface area contributed by atoms with Gasteiger partial charge in [0.1, 0.15) is 0 Å². The number of carbonyl (C=O) groups is 2. The molecular weight excluding hydrogens is 390 g/mol. The van der Waals surface area contributed by atoms with Gasteiger partial charge >= 0.3 is 0 Å². The zero-order valence-corrected chi connectivity index (χ0v) is 16.4. The molecule has 4 rings (SSSR count). The van der Waals surface area contributed by atoms with Gasteiger partial charge in [0, 0.05) is 35.1 Å². The Morgan fingerprint density at radius 1 is 1.17 bits per heavy atom. The van der Waals surface area contributed by atoms with Gasteiger partial charge in [0.05, 0.1) is 9.80 Å². The van der Waals surface area contributed by atoms with Gasteiger partial charge < -0.3 is 10.2 Å². The van der Waals surface area contributed by atoms with Gasteiger partial charge in [-0.05, 0) is 48.6 Å². The Kier molecular flexibility index (Phi) is 4.85. The highest BCUT2D eigenvalue weighted by atomic mass is 32.1. The standard InChI is InChI=1S/C21H17N3O4S/c1-13-16(4-2-5-17(13)24(27)28)20(25)22-15-8-7-14-9-10-23(18(14)12-15)21(26)19-6-3-11-29-19/h2-8,11-12H,9-10H2,1H3,(H,22,25). The Morgan fingerprint density at radius 2 is 2.00 bits per heavy atom. The van der Waals surface area contributed by atoms with Gasteiger partial charge in [-0.25, -0.2) is 0 Å². The molecule has 0 aliphatic carbocycles. The molecule has 146 valence electrons. The maximum atomic E-state index is 12.8. The van der Waals surface area contributed by atoms with Gasteiger partial charge in [-0.15, -0.1) is 11.3 Å². The van der Waals surface area contributed by atoms with Gasteiger partial charge in [0.2, 0.25) is 0 Å². The summed E-state index contributed by atoms with van der Waals surface area (Å²) in [5.41, 5.74) is 2.80. The lowest BCUT2D eigenvalue weighted by Crippen LogP contribution is -2.28. The molecule has 0 fully saturated rings. The van der Waals surface area contributed by atoms with Gasteiger partial charge in [-0.2, -0.15) is 0 Å². The number of thiophene rings is 1. The second-order valence-electron chi connectivity index (χ2n) is 6.69.